The Hall–Kier alpha value is -3.18. The highest BCUT2D eigenvalue weighted by Gasteiger charge is 2.26. The Morgan fingerprint density at radius 1 is 1.05 bits per heavy atom. The molecule has 1 amide bonds. The molecule has 8 nitrogen and oxygen atoms in total. The van der Waals surface area contributed by atoms with Gasteiger partial charge in [0.25, 0.3) is 15.9 Å². The van der Waals surface area contributed by atoms with Gasteiger partial charge < -0.3 is 9.64 Å². The molecule has 0 unspecified atom stereocenters. The summed E-state index contributed by atoms with van der Waals surface area (Å²) < 4.78 is 35.0. The maximum absolute atomic E-state index is 14.0. The van der Waals surface area contributed by atoms with E-state index >= 15 is 0 Å². The van der Waals surface area contributed by atoms with E-state index in [-0.39, 0.29) is 22.1 Å². The Bertz CT molecular complexity index is 1550. The van der Waals surface area contributed by atoms with Gasteiger partial charge in [0.1, 0.15) is 11.3 Å². The molecule has 1 heterocycles. The van der Waals surface area contributed by atoms with Crippen LogP contribution in [0.1, 0.15) is 22.3 Å². The number of hydrogen-bond donors (Lipinski definition) is 1. The molecular weight excluding hydrogens is 544 g/mol. The molecule has 0 aliphatic rings. The van der Waals surface area contributed by atoms with Crippen LogP contribution in [0, 0.1) is 6.92 Å². The number of para-hydroxylation sites is 1. The quantitative estimate of drug-likeness (QED) is 0.263. The summed E-state index contributed by atoms with van der Waals surface area (Å²) >= 11 is 7.73. The summed E-state index contributed by atoms with van der Waals surface area (Å²) in [7, 11) is 1.56. The fourth-order valence-corrected chi connectivity index (χ4v) is 6.24. The molecule has 3 aromatic carbocycles. The molecule has 1 aromatic heterocycles. The number of aryl methyl sites for hydroxylation is 1. The lowest BCUT2D eigenvalue weighted by molar-refractivity contribution is 0.0987. The van der Waals surface area contributed by atoms with Crippen molar-refractivity contribution in [3.63, 3.8) is 0 Å². The number of rotatable bonds is 10. The predicted octanol–water partition coefficient (Wildman–Crippen LogP) is 5.67. The van der Waals surface area contributed by atoms with Crippen molar-refractivity contribution >= 4 is 59.9 Å². The van der Waals surface area contributed by atoms with E-state index in [4.69, 9.17) is 21.3 Å². The number of anilines is 2. The highest BCUT2D eigenvalue weighted by Crippen LogP contribution is 2.39. The number of ether oxygens (including phenoxy) is 1. The third-order valence-corrected chi connectivity index (χ3v) is 8.78. The third-order valence-electron chi connectivity index (χ3n) is 5.86. The average Bonchev–Trinajstić information content (AvgIpc) is 3.33. The van der Waals surface area contributed by atoms with Crippen LogP contribution in [0.5, 0.6) is 5.75 Å². The van der Waals surface area contributed by atoms with Crippen molar-refractivity contribution < 1.29 is 17.9 Å². The summed E-state index contributed by atoms with van der Waals surface area (Å²) in [6.45, 7) is 3.00. The van der Waals surface area contributed by atoms with Crippen molar-refractivity contribution in [2.45, 2.75) is 18.2 Å². The Kier molecular flexibility index (Phi) is 8.57. The molecule has 200 valence electrons. The second-order valence-corrected chi connectivity index (χ2v) is 12.1. The molecule has 0 fully saturated rings. The van der Waals surface area contributed by atoms with Crippen molar-refractivity contribution in [3.05, 3.63) is 76.8 Å². The highest BCUT2D eigenvalue weighted by atomic mass is 35.5. The van der Waals surface area contributed by atoms with Crippen LogP contribution < -0.4 is 14.4 Å². The van der Waals surface area contributed by atoms with Gasteiger partial charge in [0.15, 0.2) is 5.13 Å². The van der Waals surface area contributed by atoms with Crippen molar-refractivity contribution in [2.75, 3.05) is 43.9 Å². The smallest absolute Gasteiger partial charge is 0.262 e. The number of fused-ring (bicyclic) bond motifs is 1. The van der Waals surface area contributed by atoms with E-state index in [0.29, 0.717) is 39.1 Å². The first-order valence-electron chi connectivity index (χ1n) is 11.9. The molecule has 4 rings (SSSR count). The molecule has 0 aliphatic heterocycles. The van der Waals surface area contributed by atoms with Crippen molar-refractivity contribution in [1.29, 1.82) is 0 Å². The average molecular weight is 573 g/mol. The third kappa shape index (κ3) is 6.10. The molecular formula is C27H29ClN4O4S2. The minimum absolute atomic E-state index is 0.112. The topological polar surface area (TPSA) is 91.8 Å². The van der Waals surface area contributed by atoms with Gasteiger partial charge in [-0.2, -0.15) is 0 Å². The second kappa shape index (κ2) is 11.7. The zero-order valence-corrected chi connectivity index (χ0v) is 24.0. The monoisotopic (exact) mass is 572 g/mol. The van der Waals surface area contributed by atoms with Crippen LogP contribution in [0.25, 0.3) is 10.2 Å². The zero-order valence-electron chi connectivity index (χ0n) is 21.6. The molecule has 4 aromatic rings. The summed E-state index contributed by atoms with van der Waals surface area (Å²) in [5.41, 5.74) is 1.91. The van der Waals surface area contributed by atoms with Crippen LogP contribution in [0.2, 0.25) is 5.02 Å². The fraction of sp³-hybridized carbons (Fsp3) is 0.259. The maximum Gasteiger partial charge on any atom is 0.262 e. The molecule has 0 saturated carbocycles. The number of sulfonamides is 1. The number of methoxy groups -OCH3 is 1. The highest BCUT2D eigenvalue weighted by molar-refractivity contribution is 7.92. The molecule has 0 spiro atoms. The number of benzene rings is 3. The first-order valence-corrected chi connectivity index (χ1v) is 14.6. The molecule has 0 radical (unpaired) electrons. The van der Waals surface area contributed by atoms with Crippen molar-refractivity contribution in [2.24, 2.45) is 0 Å². The van der Waals surface area contributed by atoms with Crippen LogP contribution >= 0.6 is 22.9 Å². The van der Waals surface area contributed by atoms with E-state index in [0.717, 1.165) is 12.1 Å². The van der Waals surface area contributed by atoms with Crippen LogP contribution in [-0.2, 0) is 10.0 Å². The first-order chi connectivity index (χ1) is 18.1. The van der Waals surface area contributed by atoms with E-state index in [1.165, 1.54) is 23.5 Å². The van der Waals surface area contributed by atoms with Crippen LogP contribution in [-0.4, -0.2) is 58.5 Å². The van der Waals surface area contributed by atoms with Gasteiger partial charge in [-0.3, -0.25) is 14.4 Å². The SMILES string of the molecule is COc1ccc(Cl)c2sc(N(CCCN(C)C)C(=O)c3ccccc3NS(=O)(=O)c3ccc(C)cc3)nc12. The number of thiazole rings is 1. The number of nitrogens with one attached hydrogen (secondary N) is 1. The molecule has 11 heteroatoms. The van der Waals surface area contributed by atoms with Gasteiger partial charge in [-0.15, -0.1) is 0 Å². The van der Waals surface area contributed by atoms with Gasteiger partial charge in [0, 0.05) is 6.54 Å². The number of nitrogens with zero attached hydrogens (tertiary/aromatic N) is 3. The normalized spacial score (nSPS) is 11.6. The number of hydrogen-bond acceptors (Lipinski definition) is 7. The summed E-state index contributed by atoms with van der Waals surface area (Å²) in [5.74, 6) is 0.180. The minimum Gasteiger partial charge on any atom is -0.494 e. The van der Waals surface area contributed by atoms with Crippen LogP contribution in [0.3, 0.4) is 0 Å². The largest absolute Gasteiger partial charge is 0.494 e. The molecule has 0 bridgehead atoms. The van der Waals surface area contributed by atoms with Gasteiger partial charge in [-0.05, 0) is 70.4 Å². The second-order valence-electron chi connectivity index (χ2n) is 9.00. The van der Waals surface area contributed by atoms with Gasteiger partial charge in [0.2, 0.25) is 0 Å². The summed E-state index contributed by atoms with van der Waals surface area (Å²) in [5, 5.41) is 0.961. The summed E-state index contributed by atoms with van der Waals surface area (Å²) in [6.07, 6.45) is 0.677. The van der Waals surface area contributed by atoms with E-state index in [1.54, 1.807) is 60.5 Å². The number of halogens is 1. The van der Waals surface area contributed by atoms with Crippen LogP contribution in [0.4, 0.5) is 10.8 Å². The zero-order chi connectivity index (χ0) is 27.4. The van der Waals surface area contributed by atoms with E-state index < -0.39 is 10.0 Å². The van der Waals surface area contributed by atoms with Crippen molar-refractivity contribution in [1.82, 2.24) is 9.88 Å². The lowest BCUT2D eigenvalue weighted by Crippen LogP contribution is -2.34. The molecule has 1 N–H and O–H groups in total. The lowest BCUT2D eigenvalue weighted by Gasteiger charge is -2.22. The van der Waals surface area contributed by atoms with Gasteiger partial charge in [0.05, 0.1) is 33.0 Å². The Morgan fingerprint density at radius 2 is 1.76 bits per heavy atom. The Labute approximate surface area is 231 Å². The summed E-state index contributed by atoms with van der Waals surface area (Å²) in [4.78, 5) is 22.4. The number of carbonyl (C=O) groups is 1. The standard InChI is InChI=1S/C27H29ClN4O4S2/c1-18-10-12-19(13-11-18)38(34,35)30-22-9-6-5-8-20(22)26(33)32(17-7-16-31(2)3)27-29-24-23(36-4)15-14-21(28)25(24)37-27/h5-6,8-15,30H,7,16-17H2,1-4H3. The summed E-state index contributed by atoms with van der Waals surface area (Å²) in [6, 6.07) is 16.6. The number of amides is 1. The molecule has 0 saturated heterocycles. The maximum atomic E-state index is 14.0. The van der Waals surface area contributed by atoms with E-state index in [9.17, 15) is 13.2 Å². The molecule has 38 heavy (non-hydrogen) atoms. The van der Waals surface area contributed by atoms with E-state index in [2.05, 4.69) is 4.72 Å². The molecule has 0 aliphatic carbocycles. The first kappa shape index (κ1) is 27.8. The fourth-order valence-electron chi connectivity index (χ4n) is 3.88. The number of aromatic nitrogens is 1. The predicted molar refractivity (Wildman–Crippen MR) is 154 cm³/mol. The van der Waals surface area contributed by atoms with E-state index in [1.807, 2.05) is 25.9 Å². The van der Waals surface area contributed by atoms with Gasteiger partial charge in [-0.25, -0.2) is 13.4 Å². The minimum atomic E-state index is -3.91. The van der Waals surface area contributed by atoms with Crippen LogP contribution in [0.15, 0.2) is 65.6 Å². The van der Waals surface area contributed by atoms with Gasteiger partial charge >= 0.3 is 0 Å². The lowest BCUT2D eigenvalue weighted by atomic mass is 10.1. The van der Waals surface area contributed by atoms with Gasteiger partial charge in [-0.1, -0.05) is 52.8 Å². The Morgan fingerprint density at radius 3 is 2.45 bits per heavy atom. The molecule has 0 atom stereocenters. The van der Waals surface area contributed by atoms with Crippen molar-refractivity contribution in [3.8, 4) is 5.75 Å². The number of carbonyl (C=O) groups excluding carboxylic acids is 1. The Balaban J connectivity index is 1.74.